The van der Waals surface area contributed by atoms with Crippen LogP contribution < -0.4 is 4.90 Å². The molecule has 0 radical (unpaired) electrons. The molecule has 0 bridgehead atoms. The summed E-state index contributed by atoms with van der Waals surface area (Å²) in [5.74, 6) is 0.380. The van der Waals surface area contributed by atoms with Gasteiger partial charge in [-0.2, -0.15) is 13.2 Å². The lowest BCUT2D eigenvalue weighted by Crippen LogP contribution is -2.40. The van der Waals surface area contributed by atoms with Crippen LogP contribution in [0.25, 0.3) is 0 Å². The van der Waals surface area contributed by atoms with Gasteiger partial charge in [0.1, 0.15) is 0 Å². The number of carbonyl (C=O) groups is 2. The molecule has 1 aromatic heterocycles. The van der Waals surface area contributed by atoms with E-state index < -0.39 is 12.1 Å². The Morgan fingerprint density at radius 1 is 1.03 bits per heavy atom. The van der Waals surface area contributed by atoms with E-state index in [-0.39, 0.29) is 0 Å². The first-order valence-corrected chi connectivity index (χ1v) is 10.3. The molecule has 0 spiro atoms. The molecule has 2 aliphatic heterocycles. The molecule has 166 valence electrons. The predicted octanol–water partition coefficient (Wildman–Crippen LogP) is 2.97. The lowest BCUT2D eigenvalue weighted by Gasteiger charge is -2.34. The maximum absolute atomic E-state index is 12.6. The number of likely N-dealkylation sites (tertiary alicyclic amines) is 1. The number of fused-ring (bicyclic) bond motifs is 1. The number of anilines is 1. The van der Waals surface area contributed by atoms with E-state index in [4.69, 9.17) is 9.90 Å². The van der Waals surface area contributed by atoms with Gasteiger partial charge in [-0.1, -0.05) is 12.8 Å². The zero-order valence-corrected chi connectivity index (χ0v) is 16.7. The van der Waals surface area contributed by atoms with Crippen LogP contribution >= 0.6 is 0 Å². The number of aliphatic carboxylic acids is 1. The number of carboxylic acids is 1. The fourth-order valence-corrected chi connectivity index (χ4v) is 4.60. The highest BCUT2D eigenvalue weighted by Gasteiger charge is 2.40. The minimum atomic E-state index is -5.08. The molecule has 2 saturated heterocycles. The third-order valence-electron chi connectivity index (χ3n) is 6.17. The molecule has 7 nitrogen and oxygen atoms in total. The first-order chi connectivity index (χ1) is 14.2. The lowest BCUT2D eigenvalue weighted by molar-refractivity contribution is -0.192. The Morgan fingerprint density at radius 2 is 1.63 bits per heavy atom. The number of halogens is 3. The maximum Gasteiger partial charge on any atom is 0.490 e. The van der Waals surface area contributed by atoms with Crippen molar-refractivity contribution in [2.24, 2.45) is 17.8 Å². The number of piperidine rings is 1. The molecular weight excluding hydrogens is 401 g/mol. The number of rotatable bonds is 3. The Balaban J connectivity index is 0.000000318. The Labute approximate surface area is 173 Å². The number of aromatic nitrogens is 2. The summed E-state index contributed by atoms with van der Waals surface area (Å²) in [6.07, 6.45) is 5.60. The van der Waals surface area contributed by atoms with E-state index in [9.17, 15) is 18.0 Å². The van der Waals surface area contributed by atoms with Crippen molar-refractivity contribution < 1.29 is 27.9 Å². The summed E-state index contributed by atoms with van der Waals surface area (Å²) < 4.78 is 31.7. The fraction of sp³-hybridized carbons (Fsp3) is 0.700. The van der Waals surface area contributed by atoms with E-state index in [1.165, 1.54) is 25.7 Å². The molecule has 1 saturated carbocycles. The SMILES string of the molecule is O=C(CC1CCCC1)N1C[C@@H]2CCN(c3ncccn3)C[C@@H]2C1.O=C(O)C(F)(F)F. The summed E-state index contributed by atoms with van der Waals surface area (Å²) in [7, 11) is 0. The standard InChI is InChI=1S/C18H26N4O.C2HF3O2/c23-17(10-14-4-1-2-5-14)22-11-15-6-9-21(12-16(15)13-22)18-19-7-3-8-20-18;3-2(4,5)1(6)7/h3,7-8,14-16H,1-2,4-6,9-13H2;(H,6,7)/t15-,16+;/m0./s1. The van der Waals surface area contributed by atoms with Gasteiger partial charge in [0, 0.05) is 45.0 Å². The van der Waals surface area contributed by atoms with Gasteiger partial charge in [-0.25, -0.2) is 14.8 Å². The monoisotopic (exact) mass is 428 g/mol. The Hall–Kier alpha value is -2.39. The predicted molar refractivity (Wildman–Crippen MR) is 103 cm³/mol. The van der Waals surface area contributed by atoms with Gasteiger partial charge in [-0.05, 0) is 43.1 Å². The minimum Gasteiger partial charge on any atom is -0.475 e. The molecule has 3 aliphatic rings. The van der Waals surface area contributed by atoms with Gasteiger partial charge < -0.3 is 14.9 Å². The third-order valence-corrected chi connectivity index (χ3v) is 6.17. The minimum absolute atomic E-state index is 0.397. The molecule has 10 heteroatoms. The highest BCUT2D eigenvalue weighted by molar-refractivity contribution is 5.77. The van der Waals surface area contributed by atoms with E-state index in [0.29, 0.717) is 23.7 Å². The van der Waals surface area contributed by atoms with Crippen molar-refractivity contribution in [2.45, 2.75) is 44.7 Å². The number of carbonyl (C=O) groups excluding carboxylic acids is 1. The van der Waals surface area contributed by atoms with E-state index >= 15 is 0 Å². The van der Waals surface area contributed by atoms with Gasteiger partial charge >= 0.3 is 12.1 Å². The van der Waals surface area contributed by atoms with E-state index in [1.54, 1.807) is 12.4 Å². The number of hydrogen-bond donors (Lipinski definition) is 1. The molecule has 3 heterocycles. The number of alkyl halides is 3. The molecule has 3 fully saturated rings. The number of carboxylic acid groups (broad SMARTS) is 1. The molecule has 0 unspecified atom stereocenters. The summed E-state index contributed by atoms with van der Waals surface area (Å²) in [6, 6.07) is 1.86. The van der Waals surface area contributed by atoms with Crippen molar-refractivity contribution in [1.29, 1.82) is 0 Å². The molecule has 1 aromatic rings. The largest absolute Gasteiger partial charge is 0.490 e. The van der Waals surface area contributed by atoms with Gasteiger partial charge in [-0.15, -0.1) is 0 Å². The second kappa shape index (κ2) is 9.61. The average molecular weight is 428 g/mol. The molecule has 2 atom stereocenters. The van der Waals surface area contributed by atoms with Gasteiger partial charge in [-0.3, -0.25) is 4.79 Å². The first kappa shape index (κ1) is 22.3. The smallest absolute Gasteiger partial charge is 0.475 e. The summed E-state index contributed by atoms with van der Waals surface area (Å²) in [6.45, 7) is 3.90. The average Bonchev–Trinajstić information content (AvgIpc) is 3.37. The topological polar surface area (TPSA) is 86.6 Å². The molecular formula is C20H27F3N4O3. The van der Waals surface area contributed by atoms with Crippen LogP contribution in [0.4, 0.5) is 19.1 Å². The second-order valence-corrected chi connectivity index (χ2v) is 8.26. The Morgan fingerprint density at radius 3 is 2.23 bits per heavy atom. The zero-order chi connectivity index (χ0) is 21.7. The van der Waals surface area contributed by atoms with Crippen LogP contribution in [-0.2, 0) is 9.59 Å². The van der Waals surface area contributed by atoms with Crippen molar-refractivity contribution in [2.75, 3.05) is 31.1 Å². The van der Waals surface area contributed by atoms with Crippen LogP contribution in [-0.4, -0.2) is 64.2 Å². The van der Waals surface area contributed by atoms with Gasteiger partial charge in [0.15, 0.2) is 0 Å². The van der Waals surface area contributed by atoms with Gasteiger partial charge in [0.25, 0.3) is 0 Å². The Kier molecular flexibility index (Phi) is 7.14. The highest BCUT2D eigenvalue weighted by atomic mass is 19.4. The summed E-state index contributed by atoms with van der Waals surface area (Å²) in [4.78, 5) is 34.7. The second-order valence-electron chi connectivity index (χ2n) is 8.26. The van der Waals surface area contributed by atoms with Crippen molar-refractivity contribution in [3.05, 3.63) is 18.5 Å². The van der Waals surface area contributed by atoms with Gasteiger partial charge in [0.05, 0.1) is 0 Å². The molecule has 1 amide bonds. The van der Waals surface area contributed by atoms with Crippen LogP contribution in [0.3, 0.4) is 0 Å². The number of hydrogen-bond acceptors (Lipinski definition) is 5. The third kappa shape index (κ3) is 5.82. The van der Waals surface area contributed by atoms with E-state index in [0.717, 1.165) is 45.0 Å². The normalized spacial score (nSPS) is 24.2. The van der Waals surface area contributed by atoms with Crippen molar-refractivity contribution >= 4 is 17.8 Å². The lowest BCUT2D eigenvalue weighted by atomic mass is 9.89. The fourth-order valence-electron chi connectivity index (χ4n) is 4.60. The van der Waals surface area contributed by atoms with Crippen LogP contribution in [0.1, 0.15) is 38.5 Å². The summed E-state index contributed by atoms with van der Waals surface area (Å²) >= 11 is 0. The van der Waals surface area contributed by atoms with E-state index in [2.05, 4.69) is 19.8 Å². The number of amides is 1. The zero-order valence-electron chi connectivity index (χ0n) is 16.7. The van der Waals surface area contributed by atoms with Crippen molar-refractivity contribution in [3.63, 3.8) is 0 Å². The van der Waals surface area contributed by atoms with Crippen LogP contribution in [0.15, 0.2) is 18.5 Å². The van der Waals surface area contributed by atoms with Crippen molar-refractivity contribution in [3.8, 4) is 0 Å². The molecule has 30 heavy (non-hydrogen) atoms. The molecule has 1 aliphatic carbocycles. The molecule has 4 rings (SSSR count). The maximum atomic E-state index is 12.6. The van der Waals surface area contributed by atoms with Crippen LogP contribution in [0, 0.1) is 17.8 Å². The van der Waals surface area contributed by atoms with Crippen LogP contribution in [0.5, 0.6) is 0 Å². The van der Waals surface area contributed by atoms with Crippen molar-refractivity contribution in [1.82, 2.24) is 14.9 Å². The van der Waals surface area contributed by atoms with E-state index in [1.807, 2.05) is 6.07 Å². The van der Waals surface area contributed by atoms with Crippen LogP contribution in [0.2, 0.25) is 0 Å². The first-order valence-electron chi connectivity index (χ1n) is 10.3. The summed E-state index contributed by atoms with van der Waals surface area (Å²) in [5, 5.41) is 7.12. The van der Waals surface area contributed by atoms with Gasteiger partial charge in [0.2, 0.25) is 11.9 Å². The molecule has 0 aromatic carbocycles. The summed E-state index contributed by atoms with van der Waals surface area (Å²) in [5.41, 5.74) is 0. The molecule has 1 N–H and O–H groups in total. The number of nitrogens with zero attached hydrogens (tertiary/aromatic N) is 4. The Bertz CT molecular complexity index is 726. The quantitative estimate of drug-likeness (QED) is 0.797. The highest BCUT2D eigenvalue weighted by Crippen LogP contribution is 2.34.